The van der Waals surface area contributed by atoms with Gasteiger partial charge in [0.25, 0.3) is 0 Å². The van der Waals surface area contributed by atoms with E-state index in [9.17, 15) is 15.0 Å². The Morgan fingerprint density at radius 2 is 1.57 bits per heavy atom. The Hall–Kier alpha value is -2.54. The Bertz CT molecular complexity index is 765. The third-order valence-corrected chi connectivity index (χ3v) is 3.94. The van der Waals surface area contributed by atoms with Crippen LogP contribution in [0.3, 0.4) is 0 Å². The molecule has 6 nitrogen and oxygen atoms in total. The van der Waals surface area contributed by atoms with Gasteiger partial charge in [0.05, 0.1) is 11.1 Å². The lowest BCUT2D eigenvalue weighted by atomic mass is 10.1. The molecule has 2 aromatic rings. The molecule has 0 radical (unpaired) electrons. The van der Waals surface area contributed by atoms with Crippen LogP contribution in [0.25, 0.3) is 0 Å². The summed E-state index contributed by atoms with van der Waals surface area (Å²) in [6.07, 6.45) is -1.96. The predicted octanol–water partition coefficient (Wildman–Crippen LogP) is 3.01. The van der Waals surface area contributed by atoms with Crippen LogP contribution in [0, 0.1) is 0 Å². The molecule has 0 fully saturated rings. The van der Waals surface area contributed by atoms with E-state index in [1.165, 1.54) is 0 Å². The van der Waals surface area contributed by atoms with Gasteiger partial charge in [-0.1, -0.05) is 48.5 Å². The summed E-state index contributed by atoms with van der Waals surface area (Å²) >= 11 is 5.97. The fraction of sp³-hybridized carbons (Fsp3) is 0.286. The molecule has 0 aliphatic heterocycles. The van der Waals surface area contributed by atoms with Crippen molar-refractivity contribution in [2.24, 2.45) is 0 Å². The van der Waals surface area contributed by atoms with E-state index in [0.717, 1.165) is 0 Å². The first-order chi connectivity index (χ1) is 13.5. The maximum Gasteiger partial charge on any atom is 0.333 e. The van der Waals surface area contributed by atoms with Gasteiger partial charge in [0, 0.05) is 12.0 Å². The number of carbonyl (C=O) groups is 1. The van der Waals surface area contributed by atoms with Crippen LogP contribution in [0.2, 0.25) is 5.02 Å². The third kappa shape index (κ3) is 7.60. The van der Waals surface area contributed by atoms with Crippen molar-refractivity contribution in [3.63, 3.8) is 0 Å². The molecule has 2 aromatic carbocycles. The fourth-order valence-electron chi connectivity index (χ4n) is 2.21. The molecule has 150 valence electrons. The highest BCUT2D eigenvalue weighted by molar-refractivity contribution is 6.32. The lowest BCUT2D eigenvalue weighted by molar-refractivity contribution is -0.142. The number of rotatable bonds is 11. The number of halogens is 1. The molecule has 2 rings (SSSR count). The van der Waals surface area contributed by atoms with Crippen LogP contribution in [0.1, 0.15) is 6.42 Å². The van der Waals surface area contributed by atoms with Gasteiger partial charge in [-0.2, -0.15) is 0 Å². The summed E-state index contributed by atoms with van der Waals surface area (Å²) in [6, 6.07) is 15.9. The second kappa shape index (κ2) is 11.3. The summed E-state index contributed by atoms with van der Waals surface area (Å²) in [6.45, 7) is 3.30. The molecule has 0 bridgehead atoms. The van der Waals surface area contributed by atoms with Gasteiger partial charge in [0.15, 0.2) is 0 Å². The molecule has 0 aliphatic carbocycles. The first-order valence-corrected chi connectivity index (χ1v) is 9.09. The molecule has 0 spiro atoms. The summed E-state index contributed by atoms with van der Waals surface area (Å²) < 4.78 is 15.8. The Kier molecular flexibility index (Phi) is 8.81. The van der Waals surface area contributed by atoms with Gasteiger partial charge < -0.3 is 24.4 Å². The number of esters is 1. The highest BCUT2D eigenvalue weighted by Gasteiger charge is 2.17. The SMILES string of the molecule is C=C(CC(O)COc1ccccc1Cl)C(=O)OCC(O)COc1ccccc1. The van der Waals surface area contributed by atoms with E-state index in [1.807, 2.05) is 18.2 Å². The lowest BCUT2D eigenvalue weighted by Crippen LogP contribution is -2.26. The van der Waals surface area contributed by atoms with Crippen molar-refractivity contribution in [2.75, 3.05) is 19.8 Å². The van der Waals surface area contributed by atoms with Crippen LogP contribution in [0.5, 0.6) is 11.5 Å². The summed E-state index contributed by atoms with van der Waals surface area (Å²) in [5.74, 6) is 0.354. The predicted molar refractivity (Wildman–Crippen MR) is 106 cm³/mol. The summed E-state index contributed by atoms with van der Waals surface area (Å²) in [4.78, 5) is 11.9. The maximum absolute atomic E-state index is 11.9. The van der Waals surface area contributed by atoms with Crippen LogP contribution in [-0.4, -0.2) is 48.2 Å². The number of benzene rings is 2. The molecule has 0 saturated carbocycles. The molecule has 0 aromatic heterocycles. The number of para-hydroxylation sites is 2. The van der Waals surface area contributed by atoms with E-state index in [4.69, 9.17) is 25.8 Å². The van der Waals surface area contributed by atoms with Crippen LogP contribution in [-0.2, 0) is 9.53 Å². The third-order valence-electron chi connectivity index (χ3n) is 3.63. The topological polar surface area (TPSA) is 85.2 Å². The first-order valence-electron chi connectivity index (χ1n) is 8.72. The summed E-state index contributed by atoms with van der Waals surface area (Å²) in [5.41, 5.74) is 0.0754. The van der Waals surface area contributed by atoms with Gasteiger partial charge in [-0.15, -0.1) is 0 Å². The molecular weight excluding hydrogens is 384 g/mol. The Morgan fingerprint density at radius 1 is 0.929 bits per heavy atom. The summed E-state index contributed by atoms with van der Waals surface area (Å²) in [5, 5.41) is 20.3. The highest BCUT2D eigenvalue weighted by atomic mass is 35.5. The molecular formula is C21H23ClO6. The smallest absolute Gasteiger partial charge is 0.333 e. The van der Waals surface area contributed by atoms with Crippen molar-refractivity contribution >= 4 is 17.6 Å². The van der Waals surface area contributed by atoms with Crippen LogP contribution in [0.4, 0.5) is 0 Å². The van der Waals surface area contributed by atoms with Crippen molar-refractivity contribution in [2.45, 2.75) is 18.6 Å². The highest BCUT2D eigenvalue weighted by Crippen LogP contribution is 2.23. The van der Waals surface area contributed by atoms with Gasteiger partial charge in [-0.25, -0.2) is 4.79 Å². The molecule has 0 heterocycles. The van der Waals surface area contributed by atoms with E-state index in [-0.39, 0.29) is 31.8 Å². The van der Waals surface area contributed by atoms with Crippen molar-refractivity contribution < 1.29 is 29.2 Å². The van der Waals surface area contributed by atoms with Crippen LogP contribution < -0.4 is 9.47 Å². The van der Waals surface area contributed by atoms with E-state index in [0.29, 0.717) is 16.5 Å². The van der Waals surface area contributed by atoms with Crippen molar-refractivity contribution in [1.82, 2.24) is 0 Å². The second-order valence-corrected chi connectivity index (χ2v) is 6.49. The molecule has 2 atom stereocenters. The van der Waals surface area contributed by atoms with Crippen LogP contribution in [0.15, 0.2) is 66.7 Å². The van der Waals surface area contributed by atoms with E-state index >= 15 is 0 Å². The Balaban J connectivity index is 1.66. The van der Waals surface area contributed by atoms with Gasteiger partial charge in [0.1, 0.15) is 37.4 Å². The Morgan fingerprint density at radius 3 is 2.29 bits per heavy atom. The van der Waals surface area contributed by atoms with Crippen molar-refractivity contribution in [3.05, 3.63) is 71.8 Å². The van der Waals surface area contributed by atoms with Crippen molar-refractivity contribution in [3.8, 4) is 11.5 Å². The fourth-order valence-corrected chi connectivity index (χ4v) is 2.40. The van der Waals surface area contributed by atoms with Crippen LogP contribution >= 0.6 is 11.6 Å². The van der Waals surface area contributed by atoms with Gasteiger partial charge >= 0.3 is 5.97 Å². The van der Waals surface area contributed by atoms with Crippen molar-refractivity contribution in [1.29, 1.82) is 0 Å². The zero-order chi connectivity index (χ0) is 20.4. The average Bonchev–Trinajstić information content (AvgIpc) is 2.70. The molecule has 28 heavy (non-hydrogen) atoms. The minimum absolute atomic E-state index is 0.0158. The molecule has 7 heteroatoms. The first kappa shape index (κ1) is 21.8. The normalized spacial score (nSPS) is 12.7. The maximum atomic E-state index is 11.9. The van der Waals surface area contributed by atoms with Gasteiger partial charge in [-0.3, -0.25) is 0 Å². The zero-order valence-corrected chi connectivity index (χ0v) is 16.0. The van der Waals surface area contributed by atoms with E-state index < -0.39 is 18.2 Å². The standard InChI is InChI=1S/C21H23ClO6/c1-15(11-16(23)12-27-20-10-6-5-9-19(20)22)21(25)28-14-17(24)13-26-18-7-3-2-4-8-18/h2-10,16-17,23-24H,1,11-14H2. The number of hydrogen-bond donors (Lipinski definition) is 2. The molecule has 0 amide bonds. The molecule has 2 unspecified atom stereocenters. The lowest BCUT2D eigenvalue weighted by Gasteiger charge is -2.15. The minimum atomic E-state index is -0.981. The second-order valence-electron chi connectivity index (χ2n) is 6.08. The quantitative estimate of drug-likeness (QED) is 0.440. The molecule has 2 N–H and O–H groups in total. The van der Waals surface area contributed by atoms with Gasteiger partial charge in [0.2, 0.25) is 0 Å². The largest absolute Gasteiger partial charge is 0.491 e. The zero-order valence-electron chi connectivity index (χ0n) is 15.3. The minimum Gasteiger partial charge on any atom is -0.491 e. The summed E-state index contributed by atoms with van der Waals surface area (Å²) in [7, 11) is 0. The van der Waals surface area contributed by atoms with E-state index in [1.54, 1.807) is 36.4 Å². The average molecular weight is 407 g/mol. The number of aliphatic hydroxyl groups excluding tert-OH is 2. The molecule has 0 saturated heterocycles. The number of ether oxygens (including phenoxy) is 3. The van der Waals surface area contributed by atoms with E-state index in [2.05, 4.69) is 6.58 Å². The number of aliphatic hydroxyl groups is 2. The number of hydrogen-bond acceptors (Lipinski definition) is 6. The van der Waals surface area contributed by atoms with Gasteiger partial charge in [-0.05, 0) is 24.3 Å². The molecule has 0 aliphatic rings. The monoisotopic (exact) mass is 406 g/mol. The number of carbonyl (C=O) groups excluding carboxylic acids is 1. The Labute approximate surface area is 168 Å².